The molecule has 2 saturated heterocycles. The predicted octanol–water partition coefficient (Wildman–Crippen LogP) is 2.93. The minimum absolute atomic E-state index is 0.157. The maximum atomic E-state index is 12.6. The Kier molecular flexibility index (Phi) is 5.67. The van der Waals surface area contributed by atoms with Gasteiger partial charge in [0.1, 0.15) is 5.82 Å². The minimum atomic E-state index is 0.157. The zero-order valence-corrected chi connectivity index (χ0v) is 17.0. The van der Waals surface area contributed by atoms with Crippen LogP contribution in [-0.2, 0) is 11.2 Å². The van der Waals surface area contributed by atoms with Crippen LogP contribution in [0.1, 0.15) is 24.1 Å². The quantitative estimate of drug-likeness (QED) is 0.791. The lowest BCUT2D eigenvalue weighted by Crippen LogP contribution is -2.49. The van der Waals surface area contributed by atoms with E-state index in [4.69, 9.17) is 16.6 Å². The highest BCUT2D eigenvalue weighted by atomic mass is 35.5. The molecule has 2 aliphatic rings. The number of carbonyl (C=O) groups is 1. The van der Waals surface area contributed by atoms with E-state index in [1.54, 1.807) is 0 Å². The number of carbonyl (C=O) groups excluding carboxylic acids is 1. The van der Waals surface area contributed by atoms with Gasteiger partial charge in [0.25, 0.3) is 0 Å². The van der Waals surface area contributed by atoms with Gasteiger partial charge in [0, 0.05) is 56.1 Å². The Labute approximate surface area is 171 Å². The van der Waals surface area contributed by atoms with E-state index in [2.05, 4.69) is 20.9 Å². The molecule has 148 valence electrons. The van der Waals surface area contributed by atoms with Crippen LogP contribution in [0.4, 0.5) is 11.8 Å². The molecule has 4 rings (SSSR count). The smallest absolute Gasteiger partial charge is 0.227 e. The van der Waals surface area contributed by atoms with Crippen LogP contribution in [0.5, 0.6) is 0 Å². The number of hydrogen-bond acceptors (Lipinski definition) is 5. The van der Waals surface area contributed by atoms with Crippen molar-refractivity contribution < 1.29 is 4.79 Å². The summed E-state index contributed by atoms with van der Waals surface area (Å²) in [6, 6.07) is 9.55. The number of halogens is 1. The molecule has 0 spiro atoms. The normalized spacial score (nSPS) is 17.3. The summed E-state index contributed by atoms with van der Waals surface area (Å²) in [6.07, 6.45) is 2.87. The summed E-state index contributed by atoms with van der Waals surface area (Å²) in [4.78, 5) is 28.5. The van der Waals surface area contributed by atoms with E-state index in [1.807, 2.05) is 36.1 Å². The standard InChI is InChI=1S/C21H26ClN5O/c1-16-14-19(25-8-2-3-9-25)24-21(23-16)27-12-10-26(11-13-27)20(28)15-17-4-6-18(22)7-5-17/h4-7,14H,2-3,8-13,15H2,1H3. The monoisotopic (exact) mass is 399 g/mol. The second-order valence-corrected chi connectivity index (χ2v) is 7.97. The minimum Gasteiger partial charge on any atom is -0.356 e. The SMILES string of the molecule is Cc1cc(N2CCCC2)nc(N2CCN(C(=O)Cc3ccc(Cl)cc3)CC2)n1. The van der Waals surface area contributed by atoms with Gasteiger partial charge in [-0.15, -0.1) is 0 Å². The summed E-state index contributed by atoms with van der Waals surface area (Å²) in [5.41, 5.74) is 1.99. The third-order valence-corrected chi connectivity index (χ3v) is 5.69. The molecule has 0 radical (unpaired) electrons. The van der Waals surface area contributed by atoms with Gasteiger partial charge in [-0.2, -0.15) is 4.98 Å². The van der Waals surface area contributed by atoms with Gasteiger partial charge in [-0.3, -0.25) is 4.79 Å². The zero-order valence-electron chi connectivity index (χ0n) is 16.3. The predicted molar refractivity (Wildman–Crippen MR) is 112 cm³/mol. The first kappa shape index (κ1) is 19.0. The van der Waals surface area contributed by atoms with Crippen LogP contribution >= 0.6 is 11.6 Å². The number of aromatic nitrogens is 2. The Hall–Kier alpha value is -2.34. The third kappa shape index (κ3) is 4.38. The first-order chi connectivity index (χ1) is 13.6. The van der Waals surface area contributed by atoms with Gasteiger partial charge >= 0.3 is 0 Å². The van der Waals surface area contributed by atoms with Gasteiger partial charge in [-0.05, 0) is 37.5 Å². The van der Waals surface area contributed by atoms with Crippen molar-refractivity contribution in [1.82, 2.24) is 14.9 Å². The highest BCUT2D eigenvalue weighted by Crippen LogP contribution is 2.22. The van der Waals surface area contributed by atoms with Crippen LogP contribution in [0.2, 0.25) is 5.02 Å². The number of piperazine rings is 1. The van der Waals surface area contributed by atoms with Crippen molar-refractivity contribution in [2.24, 2.45) is 0 Å². The molecule has 6 nitrogen and oxygen atoms in total. The number of benzene rings is 1. The van der Waals surface area contributed by atoms with Gasteiger partial charge in [-0.25, -0.2) is 4.98 Å². The van der Waals surface area contributed by atoms with E-state index in [0.717, 1.165) is 49.2 Å². The number of hydrogen-bond donors (Lipinski definition) is 0. The van der Waals surface area contributed by atoms with Crippen molar-refractivity contribution >= 4 is 29.3 Å². The summed E-state index contributed by atoms with van der Waals surface area (Å²) >= 11 is 5.92. The topological polar surface area (TPSA) is 52.6 Å². The summed E-state index contributed by atoms with van der Waals surface area (Å²) < 4.78 is 0. The van der Waals surface area contributed by atoms with Gasteiger partial charge in [-0.1, -0.05) is 23.7 Å². The summed E-state index contributed by atoms with van der Waals surface area (Å²) in [7, 11) is 0. The molecule has 0 aliphatic carbocycles. The molecule has 0 unspecified atom stereocenters. The van der Waals surface area contributed by atoms with E-state index in [9.17, 15) is 4.79 Å². The van der Waals surface area contributed by atoms with Gasteiger partial charge < -0.3 is 14.7 Å². The Bertz CT molecular complexity index is 827. The van der Waals surface area contributed by atoms with E-state index >= 15 is 0 Å². The molecule has 2 aliphatic heterocycles. The Morgan fingerprint density at radius 1 is 0.964 bits per heavy atom. The average molecular weight is 400 g/mol. The lowest BCUT2D eigenvalue weighted by Gasteiger charge is -2.35. The van der Waals surface area contributed by atoms with Crippen molar-refractivity contribution in [1.29, 1.82) is 0 Å². The summed E-state index contributed by atoms with van der Waals surface area (Å²) in [6.45, 7) is 7.08. The first-order valence-corrected chi connectivity index (χ1v) is 10.3. The van der Waals surface area contributed by atoms with Gasteiger partial charge in [0.15, 0.2) is 0 Å². The first-order valence-electron chi connectivity index (χ1n) is 9.96. The van der Waals surface area contributed by atoms with Crippen molar-refractivity contribution in [2.75, 3.05) is 49.1 Å². The molecule has 28 heavy (non-hydrogen) atoms. The van der Waals surface area contributed by atoms with Crippen molar-refractivity contribution in [3.8, 4) is 0 Å². The fourth-order valence-corrected chi connectivity index (χ4v) is 3.96. The molecule has 3 heterocycles. The lowest BCUT2D eigenvalue weighted by molar-refractivity contribution is -0.130. The maximum absolute atomic E-state index is 12.6. The molecule has 0 N–H and O–H groups in total. The van der Waals surface area contributed by atoms with Gasteiger partial charge in [0.05, 0.1) is 6.42 Å². The summed E-state index contributed by atoms with van der Waals surface area (Å²) in [5, 5.41) is 0.691. The van der Waals surface area contributed by atoms with Crippen molar-refractivity contribution in [3.05, 3.63) is 46.6 Å². The maximum Gasteiger partial charge on any atom is 0.227 e. The molecule has 1 aromatic heterocycles. The van der Waals surface area contributed by atoms with E-state index in [0.29, 0.717) is 24.5 Å². The highest BCUT2D eigenvalue weighted by molar-refractivity contribution is 6.30. The molecule has 1 amide bonds. The van der Waals surface area contributed by atoms with Gasteiger partial charge in [0.2, 0.25) is 11.9 Å². The fraction of sp³-hybridized carbons (Fsp3) is 0.476. The van der Waals surface area contributed by atoms with Crippen LogP contribution < -0.4 is 9.80 Å². The molecule has 0 atom stereocenters. The molecule has 2 aromatic rings. The second kappa shape index (κ2) is 8.35. The van der Waals surface area contributed by atoms with E-state index in [1.165, 1.54) is 12.8 Å². The number of rotatable bonds is 4. The lowest BCUT2D eigenvalue weighted by atomic mass is 10.1. The third-order valence-electron chi connectivity index (χ3n) is 5.44. The molecule has 7 heteroatoms. The number of aryl methyl sites for hydroxylation is 1. The molecule has 1 aromatic carbocycles. The van der Waals surface area contributed by atoms with E-state index < -0.39 is 0 Å². The second-order valence-electron chi connectivity index (χ2n) is 7.53. The van der Waals surface area contributed by atoms with E-state index in [-0.39, 0.29) is 5.91 Å². The van der Waals surface area contributed by atoms with Crippen molar-refractivity contribution in [2.45, 2.75) is 26.2 Å². The Morgan fingerprint density at radius 3 is 2.32 bits per heavy atom. The van der Waals surface area contributed by atoms with Crippen molar-refractivity contribution in [3.63, 3.8) is 0 Å². The molecule has 2 fully saturated rings. The molecule has 0 saturated carbocycles. The Morgan fingerprint density at radius 2 is 1.64 bits per heavy atom. The summed E-state index contributed by atoms with van der Waals surface area (Å²) in [5.74, 6) is 1.97. The average Bonchev–Trinajstić information content (AvgIpc) is 3.24. The highest BCUT2D eigenvalue weighted by Gasteiger charge is 2.24. The Balaban J connectivity index is 1.37. The number of amides is 1. The number of nitrogens with zero attached hydrogens (tertiary/aromatic N) is 5. The van der Waals surface area contributed by atoms with Crippen LogP contribution in [0.3, 0.4) is 0 Å². The zero-order chi connectivity index (χ0) is 19.5. The molecular formula is C21H26ClN5O. The van der Waals surface area contributed by atoms with Crippen LogP contribution in [0.15, 0.2) is 30.3 Å². The number of anilines is 2. The fourth-order valence-electron chi connectivity index (χ4n) is 3.83. The molecular weight excluding hydrogens is 374 g/mol. The van der Waals surface area contributed by atoms with Crippen LogP contribution in [0.25, 0.3) is 0 Å². The molecule has 0 bridgehead atoms. The van der Waals surface area contributed by atoms with Crippen LogP contribution in [-0.4, -0.2) is 60.0 Å². The van der Waals surface area contributed by atoms with Crippen LogP contribution in [0, 0.1) is 6.92 Å². The largest absolute Gasteiger partial charge is 0.356 e.